The van der Waals surface area contributed by atoms with Gasteiger partial charge in [0, 0.05) is 32.0 Å². The quantitative estimate of drug-likeness (QED) is 0.331. The third-order valence-electron chi connectivity index (χ3n) is 8.19. The molecule has 2 aliphatic carbocycles. The van der Waals surface area contributed by atoms with E-state index in [1.807, 2.05) is 6.08 Å². The number of hydrogen-bond acceptors (Lipinski definition) is 5. The van der Waals surface area contributed by atoms with E-state index in [0.29, 0.717) is 23.7 Å². The molecule has 0 aromatic heterocycles. The first-order chi connectivity index (χ1) is 17.2. The Bertz CT molecular complexity index is 752. The van der Waals surface area contributed by atoms with Gasteiger partial charge in [0.15, 0.2) is 12.6 Å². The van der Waals surface area contributed by atoms with Crippen LogP contribution < -0.4 is 0 Å². The van der Waals surface area contributed by atoms with Gasteiger partial charge in [0.1, 0.15) is 0 Å². The van der Waals surface area contributed by atoms with Crippen LogP contribution in [0.5, 0.6) is 0 Å². The van der Waals surface area contributed by atoms with Crippen LogP contribution in [0.3, 0.4) is 0 Å². The van der Waals surface area contributed by atoms with E-state index in [9.17, 15) is 5.11 Å². The Balaban J connectivity index is 1.49. The fourth-order valence-corrected chi connectivity index (χ4v) is 6.28. The molecule has 2 saturated heterocycles. The van der Waals surface area contributed by atoms with Crippen molar-refractivity contribution in [3.8, 4) is 11.8 Å². The Morgan fingerprint density at radius 3 is 2.51 bits per heavy atom. The van der Waals surface area contributed by atoms with E-state index in [1.54, 1.807) is 0 Å². The second-order valence-corrected chi connectivity index (χ2v) is 10.8. The van der Waals surface area contributed by atoms with Gasteiger partial charge in [-0.15, -0.1) is 11.8 Å². The fourth-order valence-electron chi connectivity index (χ4n) is 6.28. The van der Waals surface area contributed by atoms with Crippen LogP contribution in [0.1, 0.15) is 84.5 Å². The SMILES string of the molecule is CCC#CCC(C)[C@@H](/C=C/[C@H]1[C@H]2C/C(=C/CO)C[C@H]2C[C@H]1OC1CCCCO1)OC1CCCCO1. The molecule has 35 heavy (non-hydrogen) atoms. The molecule has 2 heterocycles. The average Bonchev–Trinajstić information content (AvgIpc) is 3.40. The van der Waals surface area contributed by atoms with Crippen LogP contribution in [0.2, 0.25) is 0 Å². The van der Waals surface area contributed by atoms with Crippen LogP contribution >= 0.6 is 0 Å². The van der Waals surface area contributed by atoms with Crippen molar-refractivity contribution >= 4 is 0 Å². The second kappa shape index (κ2) is 14.0. The van der Waals surface area contributed by atoms with Crippen LogP contribution in [-0.4, -0.2) is 49.7 Å². The molecule has 3 unspecified atom stereocenters. The summed E-state index contributed by atoms with van der Waals surface area (Å²) < 4.78 is 25.0. The topological polar surface area (TPSA) is 57.2 Å². The van der Waals surface area contributed by atoms with E-state index in [2.05, 4.69) is 37.8 Å². The second-order valence-electron chi connectivity index (χ2n) is 10.8. The normalized spacial score (nSPS) is 36.1. The minimum Gasteiger partial charge on any atom is -0.392 e. The Hall–Kier alpha value is -1.16. The maximum absolute atomic E-state index is 9.43. The standard InChI is InChI=1S/C30H46O5/c1-3-4-5-10-22(2)27(34-29-11-6-8-17-32-29)14-13-25-26-20-23(15-16-31)19-24(26)21-28(25)35-30-12-7-9-18-33-30/h13-15,22,24-31H,3,6-12,16-21H2,1-2H3/b14-13+,23-15+/t22?,24-,25-,26-,27+,28+,29?,30?/m0/s1. The molecule has 0 spiro atoms. The molecular weight excluding hydrogens is 440 g/mol. The molecule has 4 fully saturated rings. The molecule has 8 atom stereocenters. The lowest BCUT2D eigenvalue weighted by atomic mass is 9.89. The summed E-state index contributed by atoms with van der Waals surface area (Å²) in [6, 6.07) is 0. The van der Waals surface area contributed by atoms with Crippen LogP contribution in [0.25, 0.3) is 0 Å². The summed E-state index contributed by atoms with van der Waals surface area (Å²) in [5.41, 5.74) is 1.40. The molecule has 2 saturated carbocycles. The molecule has 0 radical (unpaired) electrons. The molecule has 196 valence electrons. The predicted octanol–water partition coefficient (Wildman–Crippen LogP) is 5.77. The number of rotatable bonds is 9. The maximum atomic E-state index is 9.43. The maximum Gasteiger partial charge on any atom is 0.158 e. The smallest absolute Gasteiger partial charge is 0.158 e. The summed E-state index contributed by atoms with van der Waals surface area (Å²) in [6.45, 7) is 6.06. The molecule has 2 aliphatic heterocycles. The Kier molecular flexibility index (Phi) is 10.7. The van der Waals surface area contributed by atoms with Gasteiger partial charge in [-0.2, -0.15) is 0 Å². The third kappa shape index (κ3) is 7.66. The molecule has 4 aliphatic rings. The molecular formula is C30H46O5. The van der Waals surface area contributed by atoms with Crippen molar-refractivity contribution in [3.63, 3.8) is 0 Å². The van der Waals surface area contributed by atoms with E-state index in [4.69, 9.17) is 18.9 Å². The summed E-state index contributed by atoms with van der Waals surface area (Å²) in [5.74, 6) is 8.34. The molecule has 0 amide bonds. The van der Waals surface area contributed by atoms with Crippen molar-refractivity contribution in [2.75, 3.05) is 19.8 Å². The zero-order chi connectivity index (χ0) is 24.5. The molecule has 4 rings (SSSR count). The van der Waals surface area contributed by atoms with E-state index in [1.165, 1.54) is 12.0 Å². The highest BCUT2D eigenvalue weighted by atomic mass is 16.7. The summed E-state index contributed by atoms with van der Waals surface area (Å²) in [4.78, 5) is 0. The Morgan fingerprint density at radius 1 is 1.06 bits per heavy atom. The highest BCUT2D eigenvalue weighted by Gasteiger charge is 2.47. The van der Waals surface area contributed by atoms with Crippen molar-refractivity contribution in [2.24, 2.45) is 23.7 Å². The molecule has 0 aromatic carbocycles. The van der Waals surface area contributed by atoms with Gasteiger partial charge in [0.05, 0.1) is 18.8 Å². The molecule has 5 nitrogen and oxygen atoms in total. The van der Waals surface area contributed by atoms with Gasteiger partial charge in [-0.3, -0.25) is 0 Å². The highest BCUT2D eigenvalue weighted by molar-refractivity contribution is 5.18. The molecule has 1 N–H and O–H groups in total. The number of hydrogen-bond donors (Lipinski definition) is 1. The number of allylic oxidation sites excluding steroid dienone is 1. The zero-order valence-corrected chi connectivity index (χ0v) is 21.8. The molecule has 5 heteroatoms. The van der Waals surface area contributed by atoms with Crippen LogP contribution in [0, 0.1) is 35.5 Å². The summed E-state index contributed by atoms with van der Waals surface area (Å²) in [5, 5.41) is 9.43. The van der Waals surface area contributed by atoms with Gasteiger partial charge in [-0.25, -0.2) is 0 Å². The monoisotopic (exact) mass is 486 g/mol. The van der Waals surface area contributed by atoms with Crippen molar-refractivity contribution in [1.82, 2.24) is 0 Å². The first-order valence-electron chi connectivity index (χ1n) is 14.1. The first-order valence-corrected chi connectivity index (χ1v) is 14.1. The van der Waals surface area contributed by atoms with Gasteiger partial charge < -0.3 is 24.1 Å². The van der Waals surface area contributed by atoms with Gasteiger partial charge >= 0.3 is 0 Å². The molecule has 0 aromatic rings. The first kappa shape index (κ1) is 26.9. The lowest BCUT2D eigenvalue weighted by molar-refractivity contribution is -0.193. The highest BCUT2D eigenvalue weighted by Crippen LogP contribution is 2.51. The third-order valence-corrected chi connectivity index (χ3v) is 8.19. The predicted molar refractivity (Wildman–Crippen MR) is 137 cm³/mol. The largest absolute Gasteiger partial charge is 0.392 e. The van der Waals surface area contributed by atoms with Crippen LogP contribution in [0.4, 0.5) is 0 Å². The van der Waals surface area contributed by atoms with Crippen molar-refractivity contribution in [1.29, 1.82) is 0 Å². The fraction of sp³-hybridized carbons (Fsp3) is 0.800. The number of fused-ring (bicyclic) bond motifs is 1. The van der Waals surface area contributed by atoms with Gasteiger partial charge in [-0.05, 0) is 75.5 Å². The van der Waals surface area contributed by atoms with Crippen molar-refractivity contribution in [3.05, 3.63) is 23.8 Å². The van der Waals surface area contributed by atoms with Crippen molar-refractivity contribution < 1.29 is 24.1 Å². The summed E-state index contributed by atoms with van der Waals surface area (Å²) in [7, 11) is 0. The van der Waals surface area contributed by atoms with E-state index >= 15 is 0 Å². The van der Waals surface area contributed by atoms with Gasteiger partial charge in [0.25, 0.3) is 0 Å². The Morgan fingerprint density at radius 2 is 1.83 bits per heavy atom. The lowest BCUT2D eigenvalue weighted by Crippen LogP contribution is -2.32. The summed E-state index contributed by atoms with van der Waals surface area (Å²) >= 11 is 0. The Labute approximate surface area is 212 Å². The van der Waals surface area contributed by atoms with Crippen molar-refractivity contribution in [2.45, 2.75) is 109 Å². The van der Waals surface area contributed by atoms with Gasteiger partial charge in [-0.1, -0.05) is 37.6 Å². The minimum atomic E-state index is -0.121. The average molecular weight is 487 g/mol. The zero-order valence-electron chi connectivity index (χ0n) is 21.8. The van der Waals surface area contributed by atoms with Gasteiger partial charge in [0.2, 0.25) is 0 Å². The summed E-state index contributed by atoms with van der Waals surface area (Å²) in [6.07, 6.45) is 18.1. The lowest BCUT2D eigenvalue weighted by Gasteiger charge is -2.31. The van der Waals surface area contributed by atoms with E-state index in [-0.39, 0.29) is 31.4 Å². The van der Waals surface area contributed by atoms with Crippen LogP contribution in [0.15, 0.2) is 23.8 Å². The number of aliphatic hydroxyl groups excluding tert-OH is 1. The van der Waals surface area contributed by atoms with E-state index in [0.717, 1.165) is 77.4 Å². The number of aliphatic hydroxyl groups is 1. The van der Waals surface area contributed by atoms with E-state index < -0.39 is 0 Å². The number of ether oxygens (including phenoxy) is 4. The minimum absolute atomic E-state index is 0.0243. The van der Waals surface area contributed by atoms with Crippen LogP contribution in [-0.2, 0) is 18.9 Å². The molecule has 0 bridgehead atoms.